The Morgan fingerprint density at radius 3 is 2.70 bits per heavy atom. The van der Waals surface area contributed by atoms with Crippen LogP contribution < -0.4 is 24.4 Å². The molecule has 0 radical (unpaired) electrons. The molecule has 0 unspecified atom stereocenters. The first-order valence-corrected chi connectivity index (χ1v) is 16.6. The number of carbonyl (C=O) groups is 1. The first-order valence-electron chi connectivity index (χ1n) is 15.0. The van der Waals surface area contributed by atoms with E-state index in [9.17, 15) is 9.59 Å². The van der Waals surface area contributed by atoms with Gasteiger partial charge in [-0.15, -0.1) is 0 Å². The highest BCUT2D eigenvalue weighted by molar-refractivity contribution is 7.07. The number of carbonyl (C=O) groups excluding carboxylic acids is 1. The van der Waals surface area contributed by atoms with Gasteiger partial charge in [-0.1, -0.05) is 78.2 Å². The molecule has 11 heteroatoms. The lowest BCUT2D eigenvalue weighted by Crippen LogP contribution is -2.40. The van der Waals surface area contributed by atoms with Crippen LogP contribution in [0, 0.1) is 0 Å². The summed E-state index contributed by atoms with van der Waals surface area (Å²) in [5, 5.41) is 2.00. The zero-order valence-electron chi connectivity index (χ0n) is 25.1. The summed E-state index contributed by atoms with van der Waals surface area (Å²) in [4.78, 5) is 33.3. The third-order valence-corrected chi connectivity index (χ3v) is 9.77. The number of para-hydroxylation sites is 1. The smallest absolute Gasteiger partial charge is 0.338 e. The molecule has 0 saturated carbocycles. The number of esters is 1. The molecule has 0 amide bonds. The molecule has 0 bridgehead atoms. The second-order valence-electron chi connectivity index (χ2n) is 11.0. The van der Waals surface area contributed by atoms with Crippen LogP contribution in [0.1, 0.15) is 49.4 Å². The lowest BCUT2D eigenvalue weighted by atomic mass is 9.94. The molecular weight excluding hydrogens is 645 g/mol. The van der Waals surface area contributed by atoms with Gasteiger partial charge in [0.05, 0.1) is 38.5 Å². The third kappa shape index (κ3) is 5.42. The quantitative estimate of drug-likeness (QED) is 0.173. The third-order valence-electron chi connectivity index (χ3n) is 8.05. The van der Waals surface area contributed by atoms with Crippen molar-refractivity contribution in [1.82, 2.24) is 9.13 Å². The van der Waals surface area contributed by atoms with Crippen molar-refractivity contribution in [2.45, 2.75) is 39.3 Å². The predicted octanol–water partition coefficient (Wildman–Crippen LogP) is 6.62. The van der Waals surface area contributed by atoms with Crippen LogP contribution in [0.5, 0.6) is 11.5 Å². The molecule has 3 aromatic carbocycles. The monoisotopic (exact) mass is 673 g/mol. The van der Waals surface area contributed by atoms with E-state index in [0.29, 0.717) is 60.7 Å². The summed E-state index contributed by atoms with van der Waals surface area (Å²) in [6.07, 6.45) is 5.26. The van der Waals surface area contributed by atoms with Crippen LogP contribution in [0.4, 0.5) is 0 Å². The van der Waals surface area contributed by atoms with Crippen LogP contribution in [0.2, 0.25) is 10.0 Å². The summed E-state index contributed by atoms with van der Waals surface area (Å²) in [5.74, 6) is 0.688. The Morgan fingerprint density at radius 1 is 1.07 bits per heavy atom. The summed E-state index contributed by atoms with van der Waals surface area (Å²) in [6.45, 7) is 4.68. The van der Waals surface area contributed by atoms with Gasteiger partial charge in [0.25, 0.3) is 5.56 Å². The topological polar surface area (TPSA) is 84.0 Å². The number of rotatable bonds is 8. The molecule has 8 nitrogen and oxygen atoms in total. The molecule has 4 heterocycles. The Hall–Kier alpha value is -4.31. The van der Waals surface area contributed by atoms with Crippen molar-refractivity contribution in [3.63, 3.8) is 0 Å². The van der Waals surface area contributed by atoms with Crippen molar-refractivity contribution in [3.8, 4) is 11.5 Å². The first kappa shape index (κ1) is 30.3. The van der Waals surface area contributed by atoms with Gasteiger partial charge in [0.15, 0.2) is 16.3 Å². The molecule has 2 aliphatic rings. The minimum absolute atomic E-state index is 0.113. The average molecular weight is 675 g/mol. The highest BCUT2D eigenvalue weighted by Gasteiger charge is 2.35. The number of fused-ring (bicyclic) bond motifs is 3. The predicted molar refractivity (Wildman–Crippen MR) is 180 cm³/mol. The minimum atomic E-state index is -0.746. The number of nitrogens with zero attached hydrogens (tertiary/aromatic N) is 3. The van der Waals surface area contributed by atoms with E-state index in [1.165, 1.54) is 11.3 Å². The number of hydrogen-bond acceptors (Lipinski definition) is 7. The Morgan fingerprint density at radius 2 is 1.89 bits per heavy atom. The average Bonchev–Trinajstić information content (AvgIpc) is 3.74. The van der Waals surface area contributed by atoms with Gasteiger partial charge >= 0.3 is 5.97 Å². The lowest BCUT2D eigenvalue weighted by Gasteiger charge is -2.25. The van der Waals surface area contributed by atoms with Crippen LogP contribution >= 0.6 is 34.5 Å². The molecule has 0 N–H and O–H groups in total. The van der Waals surface area contributed by atoms with Crippen molar-refractivity contribution in [2.75, 3.05) is 13.4 Å². The summed E-state index contributed by atoms with van der Waals surface area (Å²) in [7, 11) is 0. The molecule has 2 aromatic heterocycles. The maximum atomic E-state index is 14.3. The number of aromatic nitrogens is 2. The molecule has 0 fully saturated rings. The van der Waals surface area contributed by atoms with Gasteiger partial charge in [0, 0.05) is 29.2 Å². The molecule has 234 valence electrons. The molecule has 0 aliphatic carbocycles. The maximum absolute atomic E-state index is 14.3. The van der Waals surface area contributed by atoms with Gasteiger partial charge < -0.3 is 18.8 Å². The van der Waals surface area contributed by atoms with E-state index in [2.05, 4.69) is 4.57 Å². The number of ether oxygens (including phenoxy) is 3. The zero-order valence-corrected chi connectivity index (χ0v) is 27.4. The van der Waals surface area contributed by atoms with Crippen molar-refractivity contribution in [3.05, 3.63) is 125 Å². The highest BCUT2D eigenvalue weighted by Crippen LogP contribution is 2.39. The molecule has 46 heavy (non-hydrogen) atoms. The summed E-state index contributed by atoms with van der Waals surface area (Å²) in [5.41, 5.74) is 4.35. The van der Waals surface area contributed by atoms with Gasteiger partial charge in [-0.2, -0.15) is 0 Å². The Kier molecular flexibility index (Phi) is 8.23. The van der Waals surface area contributed by atoms with Crippen molar-refractivity contribution < 1.29 is 19.0 Å². The van der Waals surface area contributed by atoms with E-state index in [1.807, 2.05) is 67.7 Å². The van der Waals surface area contributed by atoms with E-state index in [4.69, 9.17) is 42.4 Å². The van der Waals surface area contributed by atoms with E-state index in [-0.39, 0.29) is 19.0 Å². The molecule has 5 aromatic rings. The number of thiazole rings is 1. The second kappa shape index (κ2) is 12.5. The highest BCUT2D eigenvalue weighted by atomic mass is 35.5. The Balaban J connectivity index is 1.40. The number of allylic oxidation sites excluding steroid dienone is 1. The Labute approximate surface area is 278 Å². The van der Waals surface area contributed by atoms with Gasteiger partial charge in [0.2, 0.25) is 6.79 Å². The number of halogens is 2. The van der Waals surface area contributed by atoms with E-state index >= 15 is 0 Å². The van der Waals surface area contributed by atoms with Crippen LogP contribution in [-0.2, 0) is 16.1 Å². The summed E-state index contributed by atoms with van der Waals surface area (Å²) < 4.78 is 21.0. The van der Waals surface area contributed by atoms with Crippen molar-refractivity contribution >= 4 is 57.5 Å². The fourth-order valence-corrected chi connectivity index (χ4v) is 7.35. The van der Waals surface area contributed by atoms with Gasteiger partial charge in [-0.05, 0) is 60.9 Å². The molecule has 0 spiro atoms. The fourth-order valence-electron chi connectivity index (χ4n) is 6.02. The first-order chi connectivity index (χ1) is 22.4. The normalized spacial score (nSPS) is 15.7. The van der Waals surface area contributed by atoms with Crippen LogP contribution in [0.3, 0.4) is 0 Å². The second-order valence-corrected chi connectivity index (χ2v) is 12.8. The van der Waals surface area contributed by atoms with E-state index in [0.717, 1.165) is 28.5 Å². The zero-order chi connectivity index (χ0) is 31.9. The van der Waals surface area contributed by atoms with Crippen LogP contribution in [0.15, 0.2) is 87.9 Å². The summed E-state index contributed by atoms with van der Waals surface area (Å²) in [6, 6.07) is 18.4. The standard InChI is InChI=1S/C35H29Cl2N3O5S/c1-3-7-26-31(34(42)43-4-2)32(21-11-13-28-29(15-21)45-19-44-28)40-33(41)30(46-35(40)38-26)16-22-18-39(27-9-6-5-8-23(22)27)17-20-10-12-24(36)25(37)14-20/h5-6,8-16,18,32H,3-4,7,17,19H2,1-2H3/b30-16+/t32-/m0/s1. The van der Waals surface area contributed by atoms with E-state index in [1.54, 1.807) is 23.6 Å². The van der Waals surface area contributed by atoms with Gasteiger partial charge in [0.1, 0.15) is 0 Å². The number of benzene rings is 3. The van der Waals surface area contributed by atoms with Crippen LogP contribution in [-0.4, -0.2) is 28.5 Å². The summed E-state index contributed by atoms with van der Waals surface area (Å²) >= 11 is 13.8. The molecule has 1 atom stereocenters. The molecule has 0 saturated heterocycles. The number of hydrogen-bond donors (Lipinski definition) is 0. The largest absolute Gasteiger partial charge is 0.463 e. The van der Waals surface area contributed by atoms with Crippen molar-refractivity contribution in [1.29, 1.82) is 0 Å². The molecular formula is C35H29Cl2N3O5S. The molecule has 2 aliphatic heterocycles. The minimum Gasteiger partial charge on any atom is -0.463 e. The fraction of sp³-hybridized carbons (Fsp3) is 0.229. The van der Waals surface area contributed by atoms with Gasteiger partial charge in [-0.25, -0.2) is 9.79 Å². The maximum Gasteiger partial charge on any atom is 0.338 e. The van der Waals surface area contributed by atoms with E-state index < -0.39 is 12.0 Å². The Bertz CT molecular complexity index is 2230. The lowest BCUT2D eigenvalue weighted by molar-refractivity contribution is -0.139. The SMILES string of the molecule is CCCC1=C(C(=O)OCC)[C@H](c2ccc3c(c2)OCO3)n2c(s/c(=C/c3cn(Cc4ccc(Cl)c(Cl)c4)c4ccccc34)c2=O)=N1. The van der Waals surface area contributed by atoms with Crippen LogP contribution in [0.25, 0.3) is 17.0 Å². The molecule has 7 rings (SSSR count). The van der Waals surface area contributed by atoms with Crippen molar-refractivity contribution in [2.24, 2.45) is 4.99 Å². The van der Waals surface area contributed by atoms with Gasteiger partial charge in [-0.3, -0.25) is 9.36 Å².